The topological polar surface area (TPSA) is 57.7 Å². The highest BCUT2D eigenvalue weighted by atomic mass is 16.6. The summed E-state index contributed by atoms with van der Waals surface area (Å²) in [7, 11) is 0. The van der Waals surface area contributed by atoms with Gasteiger partial charge >= 0.3 is 6.09 Å². The van der Waals surface area contributed by atoms with Crippen molar-refractivity contribution >= 4 is 6.09 Å². The summed E-state index contributed by atoms with van der Waals surface area (Å²) in [5, 5.41) is 3.39. The minimum Gasteiger partial charge on any atom is -0.444 e. The number of carbonyl (C=O) groups excluding carboxylic acids is 1. The van der Waals surface area contributed by atoms with Gasteiger partial charge in [-0.15, -0.1) is 0 Å². The highest BCUT2D eigenvalue weighted by Crippen LogP contribution is 2.33. The molecule has 1 N–H and O–H groups in total. The van der Waals surface area contributed by atoms with E-state index in [9.17, 15) is 4.79 Å². The van der Waals surface area contributed by atoms with Crippen molar-refractivity contribution in [2.75, 3.05) is 39.3 Å². The van der Waals surface area contributed by atoms with E-state index in [1.54, 1.807) is 0 Å². The van der Waals surface area contributed by atoms with Gasteiger partial charge in [0.15, 0.2) is 0 Å². The van der Waals surface area contributed by atoms with Crippen molar-refractivity contribution in [1.82, 2.24) is 20.1 Å². The monoisotopic (exact) mass is 374 g/mol. The van der Waals surface area contributed by atoms with Crippen molar-refractivity contribution in [2.24, 2.45) is 0 Å². The Balaban J connectivity index is 1.70. The minimum atomic E-state index is -0.491. The molecule has 0 bridgehead atoms. The van der Waals surface area contributed by atoms with Crippen LogP contribution < -0.4 is 5.32 Å². The minimum absolute atomic E-state index is 0.0211. The number of carbonyl (C=O) groups is 1. The van der Waals surface area contributed by atoms with Gasteiger partial charge in [0.1, 0.15) is 5.60 Å². The van der Waals surface area contributed by atoms with E-state index in [-0.39, 0.29) is 12.1 Å². The number of aryl methyl sites for hydroxylation is 1. The normalized spacial score (nSPS) is 20.8. The van der Waals surface area contributed by atoms with E-state index in [2.05, 4.69) is 21.3 Å². The van der Waals surface area contributed by atoms with Gasteiger partial charge in [0.2, 0.25) is 0 Å². The summed E-state index contributed by atoms with van der Waals surface area (Å²) in [5.41, 5.74) is 1.83. The first-order chi connectivity index (χ1) is 12.9. The summed E-state index contributed by atoms with van der Waals surface area (Å²) in [6.07, 6.45) is 5.66. The quantitative estimate of drug-likeness (QED) is 0.859. The van der Waals surface area contributed by atoms with E-state index in [1.807, 2.05) is 37.9 Å². The molecule has 0 saturated carbocycles. The predicted molar refractivity (Wildman–Crippen MR) is 107 cm³/mol. The number of piperazine rings is 1. The summed E-state index contributed by atoms with van der Waals surface area (Å²) in [6, 6.07) is 4.15. The van der Waals surface area contributed by atoms with Crippen LogP contribution in [0.5, 0.6) is 0 Å². The molecule has 0 aromatic carbocycles. The Morgan fingerprint density at radius 1 is 1.37 bits per heavy atom. The lowest BCUT2D eigenvalue weighted by Gasteiger charge is -2.36. The number of hydrogen-bond acceptors (Lipinski definition) is 5. The van der Waals surface area contributed by atoms with Crippen LogP contribution in [0.25, 0.3) is 0 Å². The Morgan fingerprint density at radius 2 is 2.15 bits per heavy atom. The molecule has 1 amide bonds. The first-order valence-corrected chi connectivity index (χ1v) is 10.3. The number of nitrogens with one attached hydrogen (secondary N) is 1. The maximum absolute atomic E-state index is 13.0. The van der Waals surface area contributed by atoms with Crippen LogP contribution in [0.2, 0.25) is 0 Å². The fourth-order valence-corrected chi connectivity index (χ4v) is 3.98. The molecule has 3 rings (SSSR count). The Bertz CT molecular complexity index is 623. The van der Waals surface area contributed by atoms with E-state index < -0.39 is 5.60 Å². The molecule has 1 aromatic rings. The highest BCUT2D eigenvalue weighted by molar-refractivity contribution is 5.69. The summed E-state index contributed by atoms with van der Waals surface area (Å²) < 4.78 is 5.75. The summed E-state index contributed by atoms with van der Waals surface area (Å²) in [5.74, 6) is 0. The third-order valence-electron chi connectivity index (χ3n) is 5.25. The van der Waals surface area contributed by atoms with Gasteiger partial charge in [-0.25, -0.2) is 4.79 Å². The van der Waals surface area contributed by atoms with Crippen LogP contribution in [0.1, 0.15) is 57.3 Å². The number of rotatable bonds is 5. The smallest absolute Gasteiger partial charge is 0.410 e. The summed E-state index contributed by atoms with van der Waals surface area (Å²) >= 11 is 0. The Hall–Kier alpha value is -1.66. The van der Waals surface area contributed by atoms with Gasteiger partial charge in [0.05, 0.1) is 11.7 Å². The summed E-state index contributed by atoms with van der Waals surface area (Å²) in [6.45, 7) is 11.8. The molecule has 0 unspecified atom stereocenters. The van der Waals surface area contributed by atoms with Crippen LogP contribution >= 0.6 is 0 Å². The van der Waals surface area contributed by atoms with Crippen molar-refractivity contribution in [3.8, 4) is 0 Å². The molecule has 6 nitrogen and oxygen atoms in total. The lowest BCUT2D eigenvalue weighted by Crippen LogP contribution is -2.45. The number of amides is 1. The van der Waals surface area contributed by atoms with Crippen molar-refractivity contribution in [2.45, 2.75) is 58.1 Å². The van der Waals surface area contributed by atoms with Crippen LogP contribution in [-0.2, 0) is 11.2 Å². The molecular formula is C21H34N4O2. The average molecular weight is 375 g/mol. The largest absolute Gasteiger partial charge is 0.444 e. The number of fused-ring (bicyclic) bond motifs is 1. The van der Waals surface area contributed by atoms with E-state index in [0.29, 0.717) is 6.54 Å². The van der Waals surface area contributed by atoms with Gasteiger partial charge in [-0.1, -0.05) is 6.07 Å². The molecule has 1 atom stereocenters. The van der Waals surface area contributed by atoms with Crippen LogP contribution in [0, 0.1) is 0 Å². The van der Waals surface area contributed by atoms with Gasteiger partial charge in [-0.05, 0) is 64.6 Å². The van der Waals surface area contributed by atoms with E-state index >= 15 is 0 Å². The molecule has 6 heteroatoms. The number of aromatic nitrogens is 1. The molecule has 1 aliphatic heterocycles. The molecule has 1 fully saturated rings. The fraction of sp³-hybridized carbons (Fsp3) is 0.714. The molecule has 27 heavy (non-hydrogen) atoms. The van der Waals surface area contributed by atoms with Crippen LogP contribution in [0.4, 0.5) is 4.79 Å². The first kappa shape index (κ1) is 20.1. The zero-order valence-electron chi connectivity index (χ0n) is 17.0. The molecule has 0 radical (unpaired) electrons. The second-order valence-corrected chi connectivity index (χ2v) is 8.57. The third-order valence-corrected chi connectivity index (χ3v) is 5.25. The average Bonchev–Trinajstić information content (AvgIpc) is 2.64. The SMILES string of the molecule is CC(C)(C)OC(=O)N(CCCN1CCNCC1)[C@H]1CCCc2cccnc21. The maximum Gasteiger partial charge on any atom is 0.410 e. The summed E-state index contributed by atoms with van der Waals surface area (Å²) in [4.78, 5) is 22.0. The van der Waals surface area contributed by atoms with E-state index in [1.165, 1.54) is 5.56 Å². The number of ether oxygens (including phenoxy) is 1. The van der Waals surface area contributed by atoms with Crippen molar-refractivity contribution in [1.29, 1.82) is 0 Å². The van der Waals surface area contributed by atoms with Gasteiger partial charge in [-0.2, -0.15) is 0 Å². The van der Waals surface area contributed by atoms with Crippen molar-refractivity contribution in [3.05, 3.63) is 29.6 Å². The van der Waals surface area contributed by atoms with E-state index in [0.717, 1.165) is 64.1 Å². The van der Waals surface area contributed by atoms with Gasteiger partial charge in [0.25, 0.3) is 0 Å². The zero-order valence-corrected chi connectivity index (χ0v) is 17.0. The van der Waals surface area contributed by atoms with Gasteiger partial charge in [-0.3, -0.25) is 9.88 Å². The third kappa shape index (κ3) is 5.66. The molecule has 1 aliphatic carbocycles. The Kier molecular flexibility index (Phi) is 6.71. The predicted octanol–water partition coefficient (Wildman–Crippen LogP) is 2.99. The molecule has 2 aliphatic rings. The maximum atomic E-state index is 13.0. The van der Waals surface area contributed by atoms with Crippen LogP contribution in [0.3, 0.4) is 0 Å². The molecular weight excluding hydrogens is 340 g/mol. The second kappa shape index (κ2) is 9.02. The van der Waals surface area contributed by atoms with E-state index in [4.69, 9.17) is 4.74 Å². The number of pyridine rings is 1. The molecule has 1 aromatic heterocycles. The first-order valence-electron chi connectivity index (χ1n) is 10.3. The molecule has 2 heterocycles. The van der Waals surface area contributed by atoms with Crippen molar-refractivity contribution in [3.63, 3.8) is 0 Å². The molecule has 1 saturated heterocycles. The van der Waals surface area contributed by atoms with Gasteiger partial charge < -0.3 is 15.0 Å². The second-order valence-electron chi connectivity index (χ2n) is 8.57. The number of nitrogens with zero attached hydrogens (tertiary/aromatic N) is 3. The lowest BCUT2D eigenvalue weighted by atomic mass is 9.91. The van der Waals surface area contributed by atoms with Crippen LogP contribution in [-0.4, -0.2) is 65.7 Å². The highest BCUT2D eigenvalue weighted by Gasteiger charge is 2.33. The zero-order chi connectivity index (χ0) is 19.3. The fourth-order valence-electron chi connectivity index (χ4n) is 3.98. The molecule has 150 valence electrons. The molecule has 0 spiro atoms. The lowest BCUT2D eigenvalue weighted by molar-refractivity contribution is 0.0125. The van der Waals surface area contributed by atoms with Gasteiger partial charge in [0, 0.05) is 38.9 Å². The van der Waals surface area contributed by atoms with Crippen LogP contribution in [0.15, 0.2) is 18.3 Å². The standard InChI is InChI=1S/C21H34N4O2/c1-21(2,3)27-20(26)25(14-6-13-24-15-11-22-12-16-24)18-9-4-7-17-8-5-10-23-19(17)18/h5,8,10,18,22H,4,6-7,9,11-16H2,1-3H3/t18-/m0/s1. The number of hydrogen-bond donors (Lipinski definition) is 1. The van der Waals surface area contributed by atoms with Crippen molar-refractivity contribution < 1.29 is 9.53 Å². The Labute approximate surface area is 163 Å². The Morgan fingerprint density at radius 3 is 2.89 bits per heavy atom.